The van der Waals surface area contributed by atoms with Crippen LogP contribution >= 0.6 is 0 Å². The van der Waals surface area contributed by atoms with E-state index < -0.39 is 11.9 Å². The van der Waals surface area contributed by atoms with Crippen LogP contribution in [0.2, 0.25) is 0 Å². The number of methoxy groups -OCH3 is 2. The predicted molar refractivity (Wildman–Crippen MR) is 73.2 cm³/mol. The Morgan fingerprint density at radius 3 is 2.15 bits per heavy atom. The first-order valence-electron chi connectivity index (χ1n) is 6.19. The van der Waals surface area contributed by atoms with Crippen molar-refractivity contribution >= 4 is 11.9 Å². The highest BCUT2D eigenvalue weighted by Gasteiger charge is 2.14. The van der Waals surface area contributed by atoms with E-state index in [2.05, 4.69) is 5.32 Å². The van der Waals surface area contributed by atoms with Crippen molar-refractivity contribution in [2.24, 2.45) is 0 Å². The number of carbonyl (C=O) groups excluding carboxylic acids is 2. The van der Waals surface area contributed by atoms with Crippen molar-refractivity contribution in [3.8, 4) is 11.5 Å². The summed E-state index contributed by atoms with van der Waals surface area (Å²) in [6.07, 6.45) is 0. The molecule has 0 unspecified atom stereocenters. The number of nitrogens with one attached hydrogen (secondary N) is 1. The number of carbonyl (C=O) groups is 2. The summed E-state index contributed by atoms with van der Waals surface area (Å²) >= 11 is 0. The lowest BCUT2D eigenvalue weighted by molar-refractivity contribution is -0.141. The highest BCUT2D eigenvalue weighted by atomic mass is 16.5. The number of rotatable bonds is 6. The highest BCUT2D eigenvalue weighted by Crippen LogP contribution is 2.29. The molecule has 0 saturated carbocycles. The molecule has 0 aliphatic heterocycles. The Morgan fingerprint density at radius 2 is 1.70 bits per heavy atom. The Kier molecular flexibility index (Phi) is 5.83. The van der Waals surface area contributed by atoms with Gasteiger partial charge in [-0.1, -0.05) is 0 Å². The van der Waals surface area contributed by atoms with Crippen LogP contribution in [0, 0.1) is 6.92 Å². The molecule has 0 aliphatic rings. The molecular weight excluding hydrogens is 262 g/mol. The Morgan fingerprint density at radius 1 is 1.15 bits per heavy atom. The van der Waals surface area contributed by atoms with E-state index >= 15 is 0 Å². The van der Waals surface area contributed by atoms with Crippen LogP contribution in [0.3, 0.4) is 0 Å². The quantitative estimate of drug-likeness (QED) is 0.796. The molecule has 6 nitrogen and oxygen atoms in total. The molecule has 20 heavy (non-hydrogen) atoms. The molecule has 0 heterocycles. The normalized spacial score (nSPS) is 9.80. The van der Waals surface area contributed by atoms with E-state index in [1.807, 2.05) is 6.92 Å². The third-order valence-electron chi connectivity index (χ3n) is 2.71. The second kappa shape index (κ2) is 7.37. The molecular formula is C14H19NO5. The van der Waals surface area contributed by atoms with E-state index in [1.54, 1.807) is 19.1 Å². The maximum atomic E-state index is 12.0. The van der Waals surface area contributed by atoms with Crippen LogP contribution in [0.5, 0.6) is 11.5 Å². The van der Waals surface area contributed by atoms with Gasteiger partial charge in [0.1, 0.15) is 18.0 Å². The van der Waals surface area contributed by atoms with Crippen LogP contribution in [0.15, 0.2) is 12.1 Å². The van der Waals surface area contributed by atoms with Crippen LogP contribution in [-0.2, 0) is 9.53 Å². The van der Waals surface area contributed by atoms with Gasteiger partial charge in [0.2, 0.25) is 0 Å². The molecule has 0 saturated heterocycles. The summed E-state index contributed by atoms with van der Waals surface area (Å²) in [5.41, 5.74) is 1.16. The summed E-state index contributed by atoms with van der Waals surface area (Å²) in [7, 11) is 3.03. The predicted octanol–water partition coefficient (Wildman–Crippen LogP) is 1.31. The van der Waals surface area contributed by atoms with Crippen LogP contribution < -0.4 is 14.8 Å². The summed E-state index contributed by atoms with van der Waals surface area (Å²) in [4.78, 5) is 23.2. The molecule has 0 fully saturated rings. The molecule has 1 aromatic carbocycles. The topological polar surface area (TPSA) is 73.9 Å². The van der Waals surface area contributed by atoms with Gasteiger partial charge in [0.25, 0.3) is 5.91 Å². The molecule has 110 valence electrons. The minimum Gasteiger partial charge on any atom is -0.496 e. The second-order valence-corrected chi connectivity index (χ2v) is 3.99. The van der Waals surface area contributed by atoms with Crippen molar-refractivity contribution in [3.05, 3.63) is 23.3 Å². The zero-order chi connectivity index (χ0) is 15.1. The maximum Gasteiger partial charge on any atom is 0.325 e. The molecule has 1 N–H and O–H groups in total. The lowest BCUT2D eigenvalue weighted by Crippen LogP contribution is -2.30. The average molecular weight is 281 g/mol. The zero-order valence-corrected chi connectivity index (χ0v) is 12.1. The standard InChI is InChI=1S/C14H19NO5/c1-5-20-13(16)8-15-14(17)10-6-11(18-3)9(2)12(7-10)19-4/h6-7H,5,8H2,1-4H3,(H,15,17). The van der Waals surface area contributed by atoms with Gasteiger partial charge >= 0.3 is 5.97 Å². The Balaban J connectivity index is 2.85. The number of hydrogen-bond acceptors (Lipinski definition) is 5. The fraction of sp³-hybridized carbons (Fsp3) is 0.429. The third kappa shape index (κ3) is 3.88. The van der Waals surface area contributed by atoms with Crippen LogP contribution in [0.4, 0.5) is 0 Å². The van der Waals surface area contributed by atoms with Crippen molar-refractivity contribution in [1.29, 1.82) is 0 Å². The third-order valence-corrected chi connectivity index (χ3v) is 2.71. The van der Waals surface area contributed by atoms with E-state index in [1.165, 1.54) is 14.2 Å². The van der Waals surface area contributed by atoms with Crippen molar-refractivity contribution in [2.75, 3.05) is 27.4 Å². The van der Waals surface area contributed by atoms with Crippen molar-refractivity contribution in [3.63, 3.8) is 0 Å². The average Bonchev–Trinajstić information content (AvgIpc) is 2.45. The van der Waals surface area contributed by atoms with Gasteiger partial charge in [0.05, 0.1) is 20.8 Å². The molecule has 1 amide bonds. The minimum atomic E-state index is -0.480. The minimum absolute atomic E-state index is 0.175. The van der Waals surface area contributed by atoms with E-state index in [9.17, 15) is 9.59 Å². The van der Waals surface area contributed by atoms with E-state index in [4.69, 9.17) is 14.2 Å². The van der Waals surface area contributed by atoms with E-state index in [0.29, 0.717) is 17.1 Å². The first-order valence-corrected chi connectivity index (χ1v) is 6.19. The van der Waals surface area contributed by atoms with Crippen LogP contribution in [0.1, 0.15) is 22.8 Å². The van der Waals surface area contributed by atoms with Gasteiger partial charge in [-0.2, -0.15) is 0 Å². The lowest BCUT2D eigenvalue weighted by Gasteiger charge is -2.12. The summed E-state index contributed by atoms with van der Waals surface area (Å²) in [5, 5.41) is 2.48. The molecule has 0 aromatic heterocycles. The SMILES string of the molecule is CCOC(=O)CNC(=O)c1cc(OC)c(C)c(OC)c1. The molecule has 0 spiro atoms. The molecule has 0 radical (unpaired) electrons. The van der Waals surface area contributed by atoms with Gasteiger partial charge in [-0.25, -0.2) is 0 Å². The van der Waals surface area contributed by atoms with E-state index in [0.717, 1.165) is 5.56 Å². The first-order chi connectivity index (χ1) is 9.53. The van der Waals surface area contributed by atoms with E-state index in [-0.39, 0.29) is 13.2 Å². The lowest BCUT2D eigenvalue weighted by atomic mass is 10.1. The number of esters is 1. The zero-order valence-electron chi connectivity index (χ0n) is 12.1. The van der Waals surface area contributed by atoms with Crippen LogP contribution in [-0.4, -0.2) is 39.2 Å². The molecule has 6 heteroatoms. The summed E-state index contributed by atoms with van der Waals surface area (Å²) in [6.45, 7) is 3.64. The summed E-state index contributed by atoms with van der Waals surface area (Å²) in [6, 6.07) is 3.19. The van der Waals surface area contributed by atoms with Crippen molar-refractivity contribution < 1.29 is 23.8 Å². The largest absolute Gasteiger partial charge is 0.496 e. The molecule has 0 aliphatic carbocycles. The highest BCUT2D eigenvalue weighted by molar-refractivity contribution is 5.96. The monoisotopic (exact) mass is 281 g/mol. The number of hydrogen-bond donors (Lipinski definition) is 1. The number of benzene rings is 1. The summed E-state index contributed by atoms with van der Waals surface area (Å²) in [5.74, 6) is 0.220. The van der Waals surface area contributed by atoms with Gasteiger partial charge in [-0.15, -0.1) is 0 Å². The molecule has 1 rings (SSSR count). The maximum absolute atomic E-state index is 12.0. The van der Waals surface area contributed by atoms with Gasteiger partial charge in [-0.05, 0) is 26.0 Å². The van der Waals surface area contributed by atoms with Crippen molar-refractivity contribution in [1.82, 2.24) is 5.32 Å². The first kappa shape index (κ1) is 15.8. The van der Waals surface area contributed by atoms with Crippen molar-refractivity contribution in [2.45, 2.75) is 13.8 Å². The fourth-order valence-electron chi connectivity index (χ4n) is 1.68. The van der Waals surface area contributed by atoms with Gasteiger partial charge < -0.3 is 19.5 Å². The Bertz CT molecular complexity index is 473. The number of amides is 1. The molecule has 1 aromatic rings. The molecule has 0 bridgehead atoms. The van der Waals surface area contributed by atoms with Gasteiger partial charge in [-0.3, -0.25) is 9.59 Å². The van der Waals surface area contributed by atoms with Gasteiger partial charge in [0.15, 0.2) is 0 Å². The summed E-state index contributed by atoms with van der Waals surface area (Å²) < 4.78 is 15.1. The Labute approximate surface area is 118 Å². The Hall–Kier alpha value is -2.24. The fourth-order valence-corrected chi connectivity index (χ4v) is 1.68. The smallest absolute Gasteiger partial charge is 0.325 e. The molecule has 0 atom stereocenters. The van der Waals surface area contributed by atoms with Gasteiger partial charge in [0, 0.05) is 11.1 Å². The van der Waals surface area contributed by atoms with Crippen LogP contribution in [0.25, 0.3) is 0 Å². The number of ether oxygens (including phenoxy) is 3. The second-order valence-electron chi connectivity index (χ2n) is 3.99.